The second-order valence-electron chi connectivity index (χ2n) is 2.98. The van der Waals surface area contributed by atoms with Gasteiger partial charge in [0.25, 0.3) is 0 Å². The van der Waals surface area contributed by atoms with Crippen LogP contribution in [0.4, 0.5) is 4.39 Å². The molecule has 0 fully saturated rings. The van der Waals surface area contributed by atoms with Gasteiger partial charge >= 0.3 is 0 Å². The third kappa shape index (κ3) is 1.93. The largest absolute Gasteiger partial charge is 0.391 e. The van der Waals surface area contributed by atoms with E-state index >= 15 is 0 Å². The molecule has 1 aromatic carbocycles. The van der Waals surface area contributed by atoms with Gasteiger partial charge in [-0.05, 0) is 34.1 Å². The predicted molar refractivity (Wildman–Crippen MR) is 55.5 cm³/mol. The Bertz CT molecular complexity index is 484. The molecule has 0 spiro atoms. The smallest absolute Gasteiger partial charge is 0.137 e. The molecule has 0 unspecified atom stereocenters. The second-order valence-corrected chi connectivity index (χ2v) is 3.83. The van der Waals surface area contributed by atoms with Crippen molar-refractivity contribution in [2.75, 3.05) is 0 Å². The summed E-state index contributed by atoms with van der Waals surface area (Å²) < 4.78 is 18.1. The number of halogens is 2. The quantitative estimate of drug-likeness (QED) is 0.914. The predicted octanol–water partition coefficient (Wildman–Crippen LogP) is 2.74. The maximum absolute atomic E-state index is 13.0. The molecule has 0 radical (unpaired) electrons. The molecule has 1 N–H and O–H groups in total. The summed E-state index contributed by atoms with van der Waals surface area (Å²) in [4.78, 5) is 0. The standard InChI is InChI=1S/C10H7BrFNO2/c11-8-3-6(1-2-9(8)12)10-7(4-14)5-15-13-10/h1-3,5,14H,4H2. The first-order valence-corrected chi connectivity index (χ1v) is 5.01. The summed E-state index contributed by atoms with van der Waals surface area (Å²) in [6.45, 7) is -0.159. The first kappa shape index (κ1) is 10.3. The Balaban J connectivity index is 2.50. The maximum Gasteiger partial charge on any atom is 0.137 e. The zero-order valence-electron chi connectivity index (χ0n) is 7.58. The molecule has 0 aliphatic carbocycles. The normalized spacial score (nSPS) is 10.6. The molecule has 1 heterocycles. The van der Waals surface area contributed by atoms with Crippen LogP contribution in [0.2, 0.25) is 0 Å². The highest BCUT2D eigenvalue weighted by molar-refractivity contribution is 9.10. The number of hydrogen-bond donors (Lipinski definition) is 1. The Morgan fingerprint density at radius 1 is 1.47 bits per heavy atom. The fraction of sp³-hybridized carbons (Fsp3) is 0.100. The number of nitrogens with zero attached hydrogens (tertiary/aromatic N) is 1. The van der Waals surface area contributed by atoms with E-state index in [1.54, 1.807) is 12.1 Å². The van der Waals surface area contributed by atoms with Crippen LogP contribution in [0.15, 0.2) is 33.5 Å². The van der Waals surface area contributed by atoms with Crippen LogP contribution in [-0.4, -0.2) is 10.3 Å². The molecule has 1 aromatic heterocycles. The average Bonchev–Trinajstić information content (AvgIpc) is 2.70. The number of hydrogen-bond acceptors (Lipinski definition) is 3. The van der Waals surface area contributed by atoms with E-state index in [-0.39, 0.29) is 12.4 Å². The minimum Gasteiger partial charge on any atom is -0.391 e. The van der Waals surface area contributed by atoms with Gasteiger partial charge in [0, 0.05) is 11.1 Å². The van der Waals surface area contributed by atoms with Crippen LogP contribution in [0, 0.1) is 5.82 Å². The van der Waals surface area contributed by atoms with Gasteiger partial charge in [-0.3, -0.25) is 0 Å². The van der Waals surface area contributed by atoms with E-state index in [0.29, 0.717) is 21.3 Å². The monoisotopic (exact) mass is 271 g/mol. The second kappa shape index (κ2) is 4.12. The van der Waals surface area contributed by atoms with E-state index < -0.39 is 0 Å². The molecule has 0 atom stereocenters. The zero-order chi connectivity index (χ0) is 10.8. The third-order valence-electron chi connectivity index (χ3n) is 2.01. The molecule has 5 heteroatoms. The number of aliphatic hydroxyl groups is 1. The Hall–Kier alpha value is -1.20. The number of aromatic nitrogens is 1. The van der Waals surface area contributed by atoms with Gasteiger partial charge in [-0.1, -0.05) is 5.16 Å². The highest BCUT2D eigenvalue weighted by Crippen LogP contribution is 2.26. The summed E-state index contributed by atoms with van der Waals surface area (Å²) in [7, 11) is 0. The van der Waals surface area contributed by atoms with Crippen LogP contribution in [0.3, 0.4) is 0 Å². The van der Waals surface area contributed by atoms with Crippen molar-refractivity contribution in [1.82, 2.24) is 5.16 Å². The van der Waals surface area contributed by atoms with Crippen molar-refractivity contribution in [3.63, 3.8) is 0 Å². The molecule has 0 saturated carbocycles. The minimum atomic E-state index is -0.340. The Kier molecular flexibility index (Phi) is 2.83. The summed E-state index contributed by atoms with van der Waals surface area (Å²) in [5.41, 5.74) is 1.80. The highest BCUT2D eigenvalue weighted by atomic mass is 79.9. The minimum absolute atomic E-state index is 0.159. The van der Waals surface area contributed by atoms with Gasteiger partial charge < -0.3 is 9.63 Å². The van der Waals surface area contributed by atoms with Crippen LogP contribution in [0.1, 0.15) is 5.56 Å². The molecular weight excluding hydrogens is 265 g/mol. The van der Waals surface area contributed by atoms with Gasteiger partial charge in [0.15, 0.2) is 0 Å². The molecule has 15 heavy (non-hydrogen) atoms. The molecule has 0 aliphatic heterocycles. The Morgan fingerprint density at radius 3 is 2.93 bits per heavy atom. The number of rotatable bonds is 2. The van der Waals surface area contributed by atoms with Crippen molar-refractivity contribution in [2.45, 2.75) is 6.61 Å². The van der Waals surface area contributed by atoms with Crippen LogP contribution < -0.4 is 0 Å². The van der Waals surface area contributed by atoms with Gasteiger partial charge in [0.1, 0.15) is 17.8 Å². The van der Waals surface area contributed by atoms with Crippen LogP contribution in [0.5, 0.6) is 0 Å². The molecule has 78 valence electrons. The van der Waals surface area contributed by atoms with Gasteiger partial charge in [-0.2, -0.15) is 0 Å². The van der Waals surface area contributed by atoms with Crippen LogP contribution in [0.25, 0.3) is 11.3 Å². The Labute approximate surface area is 93.6 Å². The van der Waals surface area contributed by atoms with Gasteiger partial charge in [0.2, 0.25) is 0 Å². The van der Waals surface area contributed by atoms with E-state index in [2.05, 4.69) is 21.1 Å². The van der Waals surface area contributed by atoms with Crippen molar-refractivity contribution in [3.05, 3.63) is 40.3 Å². The third-order valence-corrected chi connectivity index (χ3v) is 2.61. The van der Waals surface area contributed by atoms with E-state index in [0.717, 1.165) is 0 Å². The fourth-order valence-corrected chi connectivity index (χ4v) is 1.63. The SMILES string of the molecule is OCc1conc1-c1ccc(F)c(Br)c1. The summed E-state index contributed by atoms with van der Waals surface area (Å²) in [5, 5.41) is 12.8. The molecular formula is C10H7BrFNO2. The van der Waals surface area contributed by atoms with Gasteiger partial charge in [0.05, 0.1) is 11.1 Å². The number of benzene rings is 1. The lowest BCUT2D eigenvalue weighted by Gasteiger charge is -2.00. The Morgan fingerprint density at radius 2 is 2.27 bits per heavy atom. The van der Waals surface area contributed by atoms with E-state index in [1.807, 2.05) is 0 Å². The lowest BCUT2D eigenvalue weighted by atomic mass is 10.1. The molecule has 3 nitrogen and oxygen atoms in total. The summed E-state index contributed by atoms with van der Waals surface area (Å²) in [6.07, 6.45) is 1.37. The van der Waals surface area contributed by atoms with Gasteiger partial charge in [-0.15, -0.1) is 0 Å². The molecule has 0 saturated heterocycles. The van der Waals surface area contributed by atoms with E-state index in [4.69, 9.17) is 9.63 Å². The average molecular weight is 272 g/mol. The first-order chi connectivity index (χ1) is 7.22. The first-order valence-electron chi connectivity index (χ1n) is 4.22. The molecule has 0 aliphatic rings. The molecule has 0 bridgehead atoms. The van der Waals surface area contributed by atoms with Crippen LogP contribution in [-0.2, 0) is 6.61 Å². The van der Waals surface area contributed by atoms with Crippen molar-refractivity contribution < 1.29 is 14.0 Å². The van der Waals surface area contributed by atoms with Crippen LogP contribution >= 0.6 is 15.9 Å². The lowest BCUT2D eigenvalue weighted by molar-refractivity contribution is 0.280. The lowest BCUT2D eigenvalue weighted by Crippen LogP contribution is -1.87. The molecule has 0 amide bonds. The highest BCUT2D eigenvalue weighted by Gasteiger charge is 2.10. The number of aliphatic hydroxyl groups excluding tert-OH is 1. The maximum atomic E-state index is 13.0. The van der Waals surface area contributed by atoms with E-state index in [9.17, 15) is 4.39 Å². The molecule has 2 aromatic rings. The van der Waals surface area contributed by atoms with Crippen molar-refractivity contribution in [3.8, 4) is 11.3 Å². The summed E-state index contributed by atoms with van der Waals surface area (Å²) >= 11 is 3.08. The topological polar surface area (TPSA) is 46.3 Å². The summed E-state index contributed by atoms with van der Waals surface area (Å²) in [6, 6.07) is 4.50. The fourth-order valence-electron chi connectivity index (χ4n) is 1.25. The van der Waals surface area contributed by atoms with Crippen molar-refractivity contribution in [2.24, 2.45) is 0 Å². The van der Waals surface area contributed by atoms with E-state index in [1.165, 1.54) is 12.3 Å². The van der Waals surface area contributed by atoms with Gasteiger partial charge in [-0.25, -0.2) is 4.39 Å². The van der Waals surface area contributed by atoms with Crippen molar-refractivity contribution in [1.29, 1.82) is 0 Å². The molecule has 2 rings (SSSR count). The van der Waals surface area contributed by atoms with Crippen molar-refractivity contribution >= 4 is 15.9 Å². The summed E-state index contributed by atoms with van der Waals surface area (Å²) in [5.74, 6) is -0.340. The zero-order valence-corrected chi connectivity index (χ0v) is 9.16.